The number of benzene rings is 1. The summed E-state index contributed by atoms with van der Waals surface area (Å²) in [6.07, 6.45) is 0.901. The summed E-state index contributed by atoms with van der Waals surface area (Å²) in [6, 6.07) is 5.10. The standard InChI is InChI=1S/C16H19NO5/c1-16(2,22)9-5-8-12(15(20)21)17-13(18)10-6-3-4-7-11(10)14(17)19/h3-4,6-7,12,22H,5,8-9H2,1-2H3,(H,20,21)/t12-/m0/s1. The first kappa shape index (κ1) is 16.2. The highest BCUT2D eigenvalue weighted by Crippen LogP contribution is 2.27. The van der Waals surface area contributed by atoms with Crippen molar-refractivity contribution in [2.45, 2.75) is 44.8 Å². The van der Waals surface area contributed by atoms with Crippen LogP contribution in [-0.2, 0) is 4.79 Å². The van der Waals surface area contributed by atoms with Gasteiger partial charge in [0.1, 0.15) is 6.04 Å². The van der Waals surface area contributed by atoms with Crippen molar-refractivity contribution in [2.75, 3.05) is 0 Å². The van der Waals surface area contributed by atoms with E-state index >= 15 is 0 Å². The Bertz CT molecular complexity index is 582. The van der Waals surface area contributed by atoms with Gasteiger partial charge in [0.05, 0.1) is 16.7 Å². The number of nitrogens with zero attached hydrogens (tertiary/aromatic N) is 1. The summed E-state index contributed by atoms with van der Waals surface area (Å²) in [7, 11) is 0. The molecule has 6 nitrogen and oxygen atoms in total. The van der Waals surface area contributed by atoms with Gasteiger partial charge in [-0.3, -0.25) is 14.5 Å². The van der Waals surface area contributed by atoms with Crippen LogP contribution in [0.25, 0.3) is 0 Å². The van der Waals surface area contributed by atoms with Crippen LogP contribution < -0.4 is 0 Å². The van der Waals surface area contributed by atoms with Crippen molar-refractivity contribution in [1.82, 2.24) is 4.90 Å². The molecule has 0 bridgehead atoms. The molecule has 6 heteroatoms. The van der Waals surface area contributed by atoms with E-state index in [9.17, 15) is 24.6 Å². The number of carboxylic acids is 1. The molecule has 0 radical (unpaired) electrons. The number of amides is 2. The lowest BCUT2D eigenvalue weighted by molar-refractivity contribution is -0.142. The lowest BCUT2D eigenvalue weighted by Crippen LogP contribution is -2.45. The molecule has 1 heterocycles. The van der Waals surface area contributed by atoms with Crippen LogP contribution in [0.2, 0.25) is 0 Å². The number of hydrogen-bond donors (Lipinski definition) is 2. The molecule has 0 aromatic heterocycles. The van der Waals surface area contributed by atoms with Crippen LogP contribution in [0.1, 0.15) is 53.8 Å². The fourth-order valence-corrected chi connectivity index (χ4v) is 2.58. The molecule has 0 saturated carbocycles. The van der Waals surface area contributed by atoms with Gasteiger partial charge in [-0.05, 0) is 45.2 Å². The summed E-state index contributed by atoms with van der Waals surface area (Å²) < 4.78 is 0. The summed E-state index contributed by atoms with van der Waals surface area (Å²) in [5.41, 5.74) is -0.437. The maximum absolute atomic E-state index is 12.3. The minimum Gasteiger partial charge on any atom is -0.480 e. The van der Waals surface area contributed by atoms with Crippen molar-refractivity contribution >= 4 is 17.8 Å². The van der Waals surface area contributed by atoms with Crippen molar-refractivity contribution in [3.63, 3.8) is 0 Å². The summed E-state index contributed by atoms with van der Waals surface area (Å²) in [6.45, 7) is 3.26. The maximum Gasteiger partial charge on any atom is 0.326 e. The number of imide groups is 1. The zero-order valence-corrected chi connectivity index (χ0v) is 12.6. The van der Waals surface area contributed by atoms with E-state index in [0.717, 1.165) is 4.90 Å². The monoisotopic (exact) mass is 305 g/mol. The average Bonchev–Trinajstić information content (AvgIpc) is 2.67. The number of carboxylic acid groups (broad SMARTS) is 1. The van der Waals surface area contributed by atoms with Gasteiger partial charge >= 0.3 is 5.97 Å². The van der Waals surface area contributed by atoms with E-state index in [1.165, 1.54) is 12.1 Å². The first-order valence-electron chi connectivity index (χ1n) is 7.14. The second-order valence-corrected chi connectivity index (χ2v) is 6.08. The van der Waals surface area contributed by atoms with Gasteiger partial charge in [-0.2, -0.15) is 0 Å². The zero-order valence-electron chi connectivity index (χ0n) is 12.6. The normalized spacial score (nSPS) is 15.9. The number of aliphatic carboxylic acids is 1. The lowest BCUT2D eigenvalue weighted by atomic mass is 9.98. The third-order valence-electron chi connectivity index (χ3n) is 3.69. The van der Waals surface area contributed by atoms with Gasteiger partial charge in [0.15, 0.2) is 0 Å². The van der Waals surface area contributed by atoms with E-state index in [4.69, 9.17) is 0 Å². The Morgan fingerprint density at radius 3 is 2.09 bits per heavy atom. The molecular weight excluding hydrogens is 286 g/mol. The van der Waals surface area contributed by atoms with Gasteiger partial charge < -0.3 is 10.2 Å². The SMILES string of the molecule is CC(C)(O)CCC[C@@H](C(=O)O)N1C(=O)c2ccccc2C1=O. The topological polar surface area (TPSA) is 94.9 Å². The zero-order chi connectivity index (χ0) is 16.5. The molecule has 0 spiro atoms. The minimum absolute atomic E-state index is 0.116. The number of carbonyl (C=O) groups is 3. The highest BCUT2D eigenvalue weighted by Gasteiger charge is 2.42. The third kappa shape index (κ3) is 3.17. The molecule has 2 amide bonds. The summed E-state index contributed by atoms with van der Waals surface area (Å²) in [5.74, 6) is -2.36. The molecule has 0 saturated heterocycles. The highest BCUT2D eigenvalue weighted by atomic mass is 16.4. The van der Waals surface area contributed by atoms with Crippen LogP contribution >= 0.6 is 0 Å². The molecule has 2 N–H and O–H groups in total. The molecule has 1 aromatic carbocycles. The second-order valence-electron chi connectivity index (χ2n) is 6.08. The molecule has 0 unspecified atom stereocenters. The second kappa shape index (κ2) is 5.88. The third-order valence-corrected chi connectivity index (χ3v) is 3.69. The van der Waals surface area contributed by atoms with Gasteiger partial charge in [-0.15, -0.1) is 0 Å². The number of fused-ring (bicyclic) bond motifs is 1. The largest absolute Gasteiger partial charge is 0.480 e. The molecule has 0 fully saturated rings. The predicted octanol–water partition coefficient (Wildman–Crippen LogP) is 1.68. The van der Waals surface area contributed by atoms with Crippen LogP contribution in [0.3, 0.4) is 0 Å². The number of rotatable bonds is 6. The minimum atomic E-state index is -1.22. The van der Waals surface area contributed by atoms with Crippen molar-refractivity contribution in [2.24, 2.45) is 0 Å². The Hall–Kier alpha value is -2.21. The Morgan fingerprint density at radius 2 is 1.68 bits per heavy atom. The fourth-order valence-electron chi connectivity index (χ4n) is 2.58. The maximum atomic E-state index is 12.3. The highest BCUT2D eigenvalue weighted by molar-refractivity contribution is 6.22. The molecule has 22 heavy (non-hydrogen) atoms. The van der Waals surface area contributed by atoms with Crippen LogP contribution in [0.15, 0.2) is 24.3 Å². The number of hydrogen-bond acceptors (Lipinski definition) is 4. The summed E-state index contributed by atoms with van der Waals surface area (Å²) in [5, 5.41) is 19.1. The van der Waals surface area contributed by atoms with E-state index < -0.39 is 29.4 Å². The molecule has 1 aromatic rings. The van der Waals surface area contributed by atoms with Crippen LogP contribution in [0, 0.1) is 0 Å². The molecule has 0 aliphatic carbocycles. The lowest BCUT2D eigenvalue weighted by Gasteiger charge is -2.24. The molecule has 118 valence electrons. The quantitative estimate of drug-likeness (QED) is 0.780. The predicted molar refractivity (Wildman–Crippen MR) is 78.5 cm³/mol. The molecular formula is C16H19NO5. The van der Waals surface area contributed by atoms with E-state index in [1.54, 1.807) is 26.0 Å². The first-order valence-corrected chi connectivity index (χ1v) is 7.14. The first-order chi connectivity index (χ1) is 10.2. The van der Waals surface area contributed by atoms with Crippen LogP contribution in [-0.4, -0.2) is 44.5 Å². The number of carbonyl (C=O) groups excluding carboxylic acids is 2. The number of aliphatic hydroxyl groups is 1. The van der Waals surface area contributed by atoms with E-state index in [2.05, 4.69) is 0 Å². The van der Waals surface area contributed by atoms with E-state index in [0.29, 0.717) is 12.8 Å². The van der Waals surface area contributed by atoms with Gasteiger partial charge in [-0.25, -0.2) is 4.79 Å². The Kier molecular flexibility index (Phi) is 4.32. The fraction of sp³-hybridized carbons (Fsp3) is 0.438. The van der Waals surface area contributed by atoms with E-state index in [-0.39, 0.29) is 17.5 Å². The van der Waals surface area contributed by atoms with E-state index in [1.807, 2.05) is 0 Å². The molecule has 2 rings (SSSR count). The van der Waals surface area contributed by atoms with Gasteiger partial charge in [0, 0.05) is 0 Å². The van der Waals surface area contributed by atoms with Crippen molar-refractivity contribution < 1.29 is 24.6 Å². The van der Waals surface area contributed by atoms with Crippen molar-refractivity contribution in [3.05, 3.63) is 35.4 Å². The van der Waals surface area contributed by atoms with Crippen molar-refractivity contribution in [3.8, 4) is 0 Å². The smallest absolute Gasteiger partial charge is 0.326 e. The van der Waals surface area contributed by atoms with Crippen molar-refractivity contribution in [1.29, 1.82) is 0 Å². The van der Waals surface area contributed by atoms with Gasteiger partial charge in [0.2, 0.25) is 0 Å². The molecule has 1 aliphatic rings. The average molecular weight is 305 g/mol. The molecule has 1 atom stereocenters. The Balaban J connectivity index is 2.19. The van der Waals surface area contributed by atoms with Crippen LogP contribution in [0.5, 0.6) is 0 Å². The Labute approximate surface area is 128 Å². The summed E-state index contributed by atoms with van der Waals surface area (Å²) >= 11 is 0. The summed E-state index contributed by atoms with van der Waals surface area (Å²) in [4.78, 5) is 36.9. The van der Waals surface area contributed by atoms with Crippen LogP contribution in [0.4, 0.5) is 0 Å². The Morgan fingerprint density at radius 1 is 1.18 bits per heavy atom. The van der Waals surface area contributed by atoms with Gasteiger partial charge in [-0.1, -0.05) is 12.1 Å². The molecule has 1 aliphatic heterocycles. The van der Waals surface area contributed by atoms with Gasteiger partial charge in [0.25, 0.3) is 11.8 Å².